The van der Waals surface area contributed by atoms with Gasteiger partial charge in [-0.1, -0.05) is 45.5 Å². The second kappa shape index (κ2) is 7.03. The molecule has 0 saturated carbocycles. The molecular weight excluding hydrogens is 354 g/mol. The maximum atomic E-state index is 12.5. The number of phenolic OH excluding ortho intramolecular Hbond substituents is 1. The van der Waals surface area contributed by atoms with E-state index in [0.717, 1.165) is 0 Å². The molecule has 6 nitrogen and oxygen atoms in total. The number of benzene rings is 2. The van der Waals surface area contributed by atoms with Crippen LogP contribution in [0.3, 0.4) is 0 Å². The standard InChI is InChI=1S/C22H23N3O3/c1-13(2)20(27)15(12-26)14-10-16(22(3,4)5)21(28)19(11-14)25-23-17-8-6-7-9-18(17)24-25/h6-12,15,28H,1H2,2-5H3. The van der Waals surface area contributed by atoms with Crippen LogP contribution in [0.4, 0.5) is 0 Å². The van der Waals surface area contributed by atoms with Crippen molar-refractivity contribution in [2.75, 3.05) is 0 Å². The topological polar surface area (TPSA) is 85.1 Å². The Bertz CT molecular complexity index is 1060. The quantitative estimate of drug-likeness (QED) is 0.415. The summed E-state index contributed by atoms with van der Waals surface area (Å²) in [4.78, 5) is 25.5. The van der Waals surface area contributed by atoms with Gasteiger partial charge in [-0.15, -0.1) is 15.0 Å². The molecule has 3 aromatic rings. The molecule has 0 saturated heterocycles. The van der Waals surface area contributed by atoms with Crippen LogP contribution in [-0.2, 0) is 15.0 Å². The van der Waals surface area contributed by atoms with Gasteiger partial charge in [0.1, 0.15) is 34.7 Å². The van der Waals surface area contributed by atoms with Crippen LogP contribution in [0.25, 0.3) is 16.7 Å². The molecule has 6 heteroatoms. The van der Waals surface area contributed by atoms with Gasteiger partial charge < -0.3 is 9.90 Å². The van der Waals surface area contributed by atoms with Gasteiger partial charge in [0.2, 0.25) is 0 Å². The number of carbonyl (C=O) groups excluding carboxylic acids is 2. The van der Waals surface area contributed by atoms with E-state index in [9.17, 15) is 14.7 Å². The van der Waals surface area contributed by atoms with Gasteiger partial charge in [0, 0.05) is 5.56 Å². The first kappa shape index (κ1) is 19.5. The molecule has 1 N–H and O–H groups in total. The number of phenols is 1. The minimum absolute atomic E-state index is 0.0176. The van der Waals surface area contributed by atoms with Crippen molar-refractivity contribution >= 4 is 23.1 Å². The molecule has 28 heavy (non-hydrogen) atoms. The Balaban J connectivity index is 2.28. The van der Waals surface area contributed by atoms with E-state index in [-0.39, 0.29) is 11.5 Å². The highest BCUT2D eigenvalue weighted by Crippen LogP contribution is 2.38. The number of ketones is 1. The van der Waals surface area contributed by atoms with E-state index in [1.165, 1.54) is 4.80 Å². The average molecular weight is 377 g/mol. The summed E-state index contributed by atoms with van der Waals surface area (Å²) in [6.45, 7) is 11.1. The van der Waals surface area contributed by atoms with Crippen molar-refractivity contribution in [3.63, 3.8) is 0 Å². The molecule has 1 aromatic heterocycles. The highest BCUT2D eigenvalue weighted by Gasteiger charge is 2.28. The van der Waals surface area contributed by atoms with Gasteiger partial charge in [-0.05, 0) is 41.7 Å². The third-order valence-corrected chi connectivity index (χ3v) is 4.62. The van der Waals surface area contributed by atoms with Gasteiger partial charge in [-0.2, -0.15) is 0 Å². The number of nitrogens with zero attached hydrogens (tertiary/aromatic N) is 3. The van der Waals surface area contributed by atoms with E-state index in [2.05, 4.69) is 16.8 Å². The van der Waals surface area contributed by atoms with Crippen molar-refractivity contribution in [3.05, 3.63) is 59.7 Å². The Morgan fingerprint density at radius 1 is 1.18 bits per heavy atom. The Hall–Kier alpha value is -3.28. The third kappa shape index (κ3) is 3.45. The number of carbonyl (C=O) groups is 2. The maximum absolute atomic E-state index is 12.5. The van der Waals surface area contributed by atoms with E-state index in [1.807, 2.05) is 45.0 Å². The molecule has 0 aliphatic carbocycles. The monoisotopic (exact) mass is 377 g/mol. The van der Waals surface area contributed by atoms with Crippen LogP contribution >= 0.6 is 0 Å². The van der Waals surface area contributed by atoms with Crippen LogP contribution in [0.5, 0.6) is 5.75 Å². The van der Waals surface area contributed by atoms with Crippen LogP contribution < -0.4 is 0 Å². The van der Waals surface area contributed by atoms with Crippen molar-refractivity contribution in [2.24, 2.45) is 0 Å². The highest BCUT2D eigenvalue weighted by molar-refractivity contribution is 6.08. The summed E-state index contributed by atoms with van der Waals surface area (Å²) in [6, 6.07) is 10.6. The highest BCUT2D eigenvalue weighted by atomic mass is 16.3. The van der Waals surface area contributed by atoms with Gasteiger partial charge >= 0.3 is 0 Å². The minimum atomic E-state index is -0.997. The van der Waals surface area contributed by atoms with E-state index in [1.54, 1.807) is 19.1 Å². The number of hydrogen-bond acceptors (Lipinski definition) is 5. The smallest absolute Gasteiger partial charge is 0.172 e. The fourth-order valence-corrected chi connectivity index (χ4v) is 3.07. The van der Waals surface area contributed by atoms with Crippen molar-refractivity contribution in [2.45, 2.75) is 39.0 Å². The summed E-state index contributed by atoms with van der Waals surface area (Å²) in [5, 5.41) is 19.8. The number of allylic oxidation sites excluding steroid dienone is 1. The molecule has 0 radical (unpaired) electrons. The number of fused-ring (bicyclic) bond motifs is 1. The lowest BCUT2D eigenvalue weighted by Crippen LogP contribution is -2.18. The number of hydrogen-bond donors (Lipinski definition) is 1. The first-order valence-electron chi connectivity index (χ1n) is 8.98. The fraction of sp³-hybridized carbons (Fsp3) is 0.273. The summed E-state index contributed by atoms with van der Waals surface area (Å²) in [7, 11) is 0. The number of Topliss-reactive ketones (excluding diaryl/α,β-unsaturated/α-hetero) is 1. The largest absolute Gasteiger partial charge is 0.505 e. The Kier molecular flexibility index (Phi) is 4.89. The van der Waals surface area contributed by atoms with Gasteiger partial charge in [-0.25, -0.2) is 0 Å². The number of rotatable bonds is 5. The average Bonchev–Trinajstić information content (AvgIpc) is 3.06. The van der Waals surface area contributed by atoms with Crippen LogP contribution in [0.1, 0.15) is 44.7 Å². The molecule has 1 heterocycles. The molecule has 0 bridgehead atoms. The third-order valence-electron chi connectivity index (χ3n) is 4.62. The van der Waals surface area contributed by atoms with Crippen LogP contribution in [0.15, 0.2) is 48.6 Å². The Morgan fingerprint density at radius 3 is 2.21 bits per heavy atom. The molecule has 2 aromatic carbocycles. The van der Waals surface area contributed by atoms with Crippen molar-refractivity contribution in [1.29, 1.82) is 0 Å². The predicted molar refractivity (Wildman–Crippen MR) is 108 cm³/mol. The molecule has 1 atom stereocenters. The van der Waals surface area contributed by atoms with E-state index in [0.29, 0.717) is 39.7 Å². The minimum Gasteiger partial charge on any atom is -0.505 e. The molecule has 3 rings (SSSR count). The number of aromatic nitrogens is 3. The molecule has 0 aliphatic heterocycles. The summed E-state index contributed by atoms with van der Waals surface area (Å²) in [6.07, 6.45) is 0.604. The first-order valence-corrected chi connectivity index (χ1v) is 8.98. The Labute approximate surface area is 163 Å². The summed E-state index contributed by atoms with van der Waals surface area (Å²) < 4.78 is 0. The van der Waals surface area contributed by atoms with Crippen molar-refractivity contribution in [3.8, 4) is 11.4 Å². The second-order valence-electron chi connectivity index (χ2n) is 7.92. The normalized spacial score (nSPS) is 12.7. The fourth-order valence-electron chi connectivity index (χ4n) is 3.07. The lowest BCUT2D eigenvalue weighted by Gasteiger charge is -2.24. The lowest BCUT2D eigenvalue weighted by atomic mass is 9.82. The predicted octanol–water partition coefficient (Wildman–Crippen LogP) is 3.85. The molecular formula is C22H23N3O3. The summed E-state index contributed by atoms with van der Waals surface area (Å²) in [5.74, 6) is -1.34. The number of aromatic hydroxyl groups is 1. The maximum Gasteiger partial charge on any atom is 0.172 e. The molecule has 0 spiro atoms. The summed E-state index contributed by atoms with van der Waals surface area (Å²) in [5.41, 5.74) is 2.61. The Morgan fingerprint density at radius 2 is 1.75 bits per heavy atom. The zero-order valence-electron chi connectivity index (χ0n) is 16.4. The van der Waals surface area contributed by atoms with Crippen LogP contribution in [0.2, 0.25) is 0 Å². The van der Waals surface area contributed by atoms with E-state index >= 15 is 0 Å². The van der Waals surface area contributed by atoms with Gasteiger partial charge in [0.05, 0.1) is 0 Å². The SMILES string of the molecule is C=C(C)C(=O)C(C=O)c1cc(-n2nc3ccccc3n2)c(O)c(C(C)(C)C)c1. The molecule has 0 fully saturated rings. The van der Waals surface area contributed by atoms with Gasteiger partial charge in [-0.3, -0.25) is 4.79 Å². The lowest BCUT2D eigenvalue weighted by molar-refractivity contribution is -0.121. The zero-order chi connectivity index (χ0) is 20.6. The van der Waals surface area contributed by atoms with E-state index < -0.39 is 11.3 Å². The van der Waals surface area contributed by atoms with E-state index in [4.69, 9.17) is 0 Å². The van der Waals surface area contributed by atoms with Gasteiger partial charge in [0.15, 0.2) is 5.78 Å². The summed E-state index contributed by atoms with van der Waals surface area (Å²) >= 11 is 0. The number of aldehydes is 1. The molecule has 144 valence electrons. The van der Waals surface area contributed by atoms with Crippen LogP contribution in [-0.4, -0.2) is 32.2 Å². The van der Waals surface area contributed by atoms with Crippen molar-refractivity contribution < 1.29 is 14.7 Å². The molecule has 1 unspecified atom stereocenters. The first-order chi connectivity index (χ1) is 13.1. The van der Waals surface area contributed by atoms with Crippen molar-refractivity contribution in [1.82, 2.24) is 15.0 Å². The molecule has 0 aliphatic rings. The zero-order valence-corrected chi connectivity index (χ0v) is 16.4. The van der Waals surface area contributed by atoms with Crippen LogP contribution in [0, 0.1) is 0 Å². The second-order valence-corrected chi connectivity index (χ2v) is 7.92. The van der Waals surface area contributed by atoms with Gasteiger partial charge in [0.25, 0.3) is 0 Å². The molecule has 0 amide bonds.